The van der Waals surface area contributed by atoms with Crippen LogP contribution in [0, 0.1) is 11.6 Å². The van der Waals surface area contributed by atoms with E-state index < -0.39 is 17.2 Å². The number of nitrogens with zero attached hydrogens (tertiary/aromatic N) is 3. The molecule has 1 aliphatic heterocycles. The van der Waals surface area contributed by atoms with Gasteiger partial charge in [-0.1, -0.05) is 47.6 Å². The number of halogens is 3. The Labute approximate surface area is 158 Å². The summed E-state index contributed by atoms with van der Waals surface area (Å²) in [6.45, 7) is 0.310. The van der Waals surface area contributed by atoms with Crippen LogP contribution in [0.3, 0.4) is 0 Å². The van der Waals surface area contributed by atoms with E-state index in [0.717, 1.165) is 11.6 Å². The highest BCUT2D eigenvalue weighted by molar-refractivity contribution is 7.98. The summed E-state index contributed by atoms with van der Waals surface area (Å²) in [5.41, 5.74) is 0.436. The molecule has 2 heterocycles. The number of thioether (sulfide) groups is 1. The third-order valence-electron chi connectivity index (χ3n) is 4.44. The van der Waals surface area contributed by atoms with Gasteiger partial charge in [-0.3, -0.25) is 0 Å². The van der Waals surface area contributed by atoms with E-state index in [9.17, 15) is 8.78 Å². The first-order chi connectivity index (χ1) is 12.5. The van der Waals surface area contributed by atoms with E-state index in [-0.39, 0.29) is 6.10 Å². The highest BCUT2D eigenvalue weighted by atomic mass is 35.5. The van der Waals surface area contributed by atoms with Crippen LogP contribution in [0.25, 0.3) is 0 Å². The van der Waals surface area contributed by atoms with E-state index in [1.54, 1.807) is 10.7 Å². The van der Waals surface area contributed by atoms with Gasteiger partial charge in [0, 0.05) is 10.6 Å². The highest BCUT2D eigenvalue weighted by Crippen LogP contribution is 2.59. The molecule has 0 radical (unpaired) electrons. The smallest absolute Gasteiger partial charge is 0.185 e. The van der Waals surface area contributed by atoms with E-state index in [4.69, 9.17) is 16.3 Å². The van der Waals surface area contributed by atoms with Gasteiger partial charge in [-0.2, -0.15) is 5.10 Å². The maximum Gasteiger partial charge on any atom is 0.185 e. The lowest BCUT2D eigenvalue weighted by molar-refractivity contribution is 0.255. The summed E-state index contributed by atoms with van der Waals surface area (Å²) in [5.74, 6) is -1.82. The average molecular weight is 394 g/mol. The van der Waals surface area contributed by atoms with E-state index in [2.05, 4.69) is 10.1 Å². The number of aromatic nitrogens is 3. The molecule has 3 aromatic rings. The van der Waals surface area contributed by atoms with Crippen molar-refractivity contribution in [3.05, 3.63) is 76.6 Å². The Morgan fingerprint density at radius 2 is 2.04 bits per heavy atom. The molecule has 1 aromatic heterocycles. The zero-order valence-electron chi connectivity index (χ0n) is 13.7. The second kappa shape index (κ2) is 6.64. The lowest BCUT2D eigenvalue weighted by Gasteiger charge is -2.16. The summed E-state index contributed by atoms with van der Waals surface area (Å²) >= 11 is 7.76. The molecule has 1 saturated heterocycles. The minimum absolute atomic E-state index is 0.310. The summed E-state index contributed by atoms with van der Waals surface area (Å²) in [7, 11) is 0. The third kappa shape index (κ3) is 2.90. The first-order valence-electron chi connectivity index (χ1n) is 7.85. The molecule has 0 amide bonds. The quantitative estimate of drug-likeness (QED) is 0.469. The summed E-state index contributed by atoms with van der Waals surface area (Å²) in [6.07, 6.45) is 2.96. The number of rotatable bonds is 5. The minimum Gasteiger partial charge on any atom is -0.354 e. The molecule has 26 heavy (non-hydrogen) atoms. The summed E-state index contributed by atoms with van der Waals surface area (Å²) in [4.78, 5) is 4.19. The zero-order valence-corrected chi connectivity index (χ0v) is 15.3. The van der Waals surface area contributed by atoms with Crippen molar-refractivity contribution in [1.29, 1.82) is 0 Å². The van der Waals surface area contributed by atoms with Gasteiger partial charge in [0.15, 0.2) is 16.8 Å². The van der Waals surface area contributed by atoms with Crippen LogP contribution < -0.4 is 0 Å². The Kier molecular flexibility index (Phi) is 4.46. The molecule has 1 aliphatic rings. The number of hydrogen-bond acceptors (Lipinski definition) is 4. The van der Waals surface area contributed by atoms with E-state index in [1.165, 1.54) is 30.2 Å². The molecule has 0 spiro atoms. The Bertz CT molecular complexity index is 967. The van der Waals surface area contributed by atoms with Crippen LogP contribution in [0.1, 0.15) is 17.2 Å². The van der Waals surface area contributed by atoms with Gasteiger partial charge in [-0.05, 0) is 30.0 Å². The normalized spacial score (nSPS) is 21.8. The van der Waals surface area contributed by atoms with Gasteiger partial charge in [0.2, 0.25) is 0 Å². The third-order valence-corrected chi connectivity index (χ3v) is 5.46. The summed E-state index contributed by atoms with van der Waals surface area (Å²) in [5, 5.41) is 5.50. The molecule has 8 heteroatoms. The predicted octanol–water partition coefficient (Wildman–Crippen LogP) is 4.60. The molecule has 134 valence electrons. The lowest BCUT2D eigenvalue weighted by atomic mass is 9.91. The van der Waals surface area contributed by atoms with Crippen molar-refractivity contribution in [1.82, 2.24) is 14.8 Å². The van der Waals surface area contributed by atoms with Gasteiger partial charge in [0.25, 0.3) is 0 Å². The molecule has 4 rings (SSSR count). The Hall–Kier alpha value is -1.96. The fourth-order valence-electron chi connectivity index (χ4n) is 3.11. The molecule has 2 aromatic carbocycles. The maximum atomic E-state index is 13.9. The Balaban J connectivity index is 1.78. The average Bonchev–Trinajstić information content (AvgIpc) is 3.17. The standard InChI is InChI=1S/C18H14ClF2N3OS/c1-26-17-22-10-23-24(17)9-18(11-6-7-14(20)15(21)8-11)16(25-18)12-4-2-3-5-13(12)19/h2-8,10,16H,9H2,1H3/t16-,18-/m0/s1. The van der Waals surface area contributed by atoms with Crippen LogP contribution >= 0.6 is 23.4 Å². The van der Waals surface area contributed by atoms with Gasteiger partial charge >= 0.3 is 0 Å². The van der Waals surface area contributed by atoms with Crippen molar-refractivity contribution in [2.75, 3.05) is 6.26 Å². The number of epoxide rings is 1. The number of hydrogen-bond donors (Lipinski definition) is 0. The largest absolute Gasteiger partial charge is 0.354 e. The zero-order chi connectivity index (χ0) is 18.3. The van der Waals surface area contributed by atoms with Crippen molar-refractivity contribution in [2.45, 2.75) is 23.4 Å². The minimum atomic E-state index is -0.918. The molecule has 0 bridgehead atoms. The van der Waals surface area contributed by atoms with Crippen molar-refractivity contribution in [3.63, 3.8) is 0 Å². The molecule has 4 nitrogen and oxygen atoms in total. The molecule has 0 N–H and O–H groups in total. The van der Waals surface area contributed by atoms with Crippen LogP contribution in [0.15, 0.2) is 53.9 Å². The van der Waals surface area contributed by atoms with Crippen LogP contribution in [0.5, 0.6) is 0 Å². The molecule has 0 unspecified atom stereocenters. The lowest BCUT2D eigenvalue weighted by Crippen LogP contribution is -2.21. The monoisotopic (exact) mass is 393 g/mol. The van der Waals surface area contributed by atoms with E-state index >= 15 is 0 Å². The molecule has 2 atom stereocenters. The van der Waals surface area contributed by atoms with Crippen molar-refractivity contribution in [2.24, 2.45) is 0 Å². The van der Waals surface area contributed by atoms with Gasteiger partial charge in [-0.25, -0.2) is 18.4 Å². The van der Waals surface area contributed by atoms with Gasteiger partial charge in [-0.15, -0.1) is 0 Å². The van der Waals surface area contributed by atoms with Crippen molar-refractivity contribution in [3.8, 4) is 0 Å². The SMILES string of the molecule is CSc1ncnn1C[C@@]1(c2ccc(F)c(F)c2)O[C@H]1c1ccccc1Cl. The first kappa shape index (κ1) is 17.5. The Morgan fingerprint density at radius 3 is 2.77 bits per heavy atom. The van der Waals surface area contributed by atoms with E-state index in [0.29, 0.717) is 22.3 Å². The Morgan fingerprint density at radius 1 is 1.23 bits per heavy atom. The predicted molar refractivity (Wildman–Crippen MR) is 95.1 cm³/mol. The van der Waals surface area contributed by atoms with Crippen LogP contribution in [0.4, 0.5) is 8.78 Å². The second-order valence-corrected chi connectivity index (χ2v) is 7.12. The van der Waals surface area contributed by atoms with Gasteiger partial charge in [0.05, 0.1) is 6.54 Å². The van der Waals surface area contributed by atoms with E-state index in [1.807, 2.05) is 24.5 Å². The first-order valence-corrected chi connectivity index (χ1v) is 9.45. The topological polar surface area (TPSA) is 43.2 Å². The molecular weight excluding hydrogens is 380 g/mol. The fraction of sp³-hybridized carbons (Fsp3) is 0.222. The second-order valence-electron chi connectivity index (χ2n) is 5.94. The van der Waals surface area contributed by atoms with Gasteiger partial charge in [0.1, 0.15) is 18.0 Å². The van der Waals surface area contributed by atoms with Crippen molar-refractivity contribution >= 4 is 23.4 Å². The molecule has 0 aliphatic carbocycles. The number of ether oxygens (including phenoxy) is 1. The number of benzene rings is 2. The summed E-state index contributed by atoms with van der Waals surface area (Å²) in [6, 6.07) is 11.1. The van der Waals surface area contributed by atoms with Crippen molar-refractivity contribution < 1.29 is 13.5 Å². The maximum absolute atomic E-state index is 13.9. The molecule has 0 saturated carbocycles. The molecular formula is C18H14ClF2N3OS. The fourth-order valence-corrected chi connectivity index (χ4v) is 3.82. The van der Waals surface area contributed by atoms with Gasteiger partial charge < -0.3 is 4.74 Å². The molecule has 1 fully saturated rings. The van der Waals surface area contributed by atoms with Crippen LogP contribution in [0.2, 0.25) is 5.02 Å². The summed E-state index contributed by atoms with van der Waals surface area (Å²) < 4.78 is 35.0. The van der Waals surface area contributed by atoms with Crippen LogP contribution in [-0.2, 0) is 16.9 Å². The van der Waals surface area contributed by atoms with Crippen LogP contribution in [-0.4, -0.2) is 21.0 Å². The highest BCUT2D eigenvalue weighted by Gasteiger charge is 2.60.